The average molecular weight is 894 g/mol. The second-order valence-electron chi connectivity index (χ2n) is 14.8. The Labute approximate surface area is 375 Å². The van der Waals surface area contributed by atoms with Gasteiger partial charge in [-0.3, -0.25) is 19.0 Å². The molecule has 0 spiro atoms. The zero-order chi connectivity index (χ0) is 44.2. The Bertz CT molecular complexity index is 2670. The number of benzene rings is 4. The number of para-hydroxylation sites is 2. The molecule has 1 radical (unpaired) electrons. The average Bonchev–Trinajstić information content (AvgIpc) is 3.61. The van der Waals surface area contributed by atoms with Gasteiger partial charge in [0.1, 0.15) is 23.0 Å². The fourth-order valence-electron chi connectivity index (χ4n) is 7.22. The summed E-state index contributed by atoms with van der Waals surface area (Å²) < 4.78 is 29.9. The third-order valence-corrected chi connectivity index (χ3v) is 10.7. The van der Waals surface area contributed by atoms with Crippen LogP contribution in [0.4, 0.5) is 11.4 Å². The molecule has 0 bridgehead atoms. The van der Waals surface area contributed by atoms with Crippen LogP contribution in [0, 0.1) is 27.7 Å². The summed E-state index contributed by atoms with van der Waals surface area (Å²) in [6.45, 7) is 12.0. The Morgan fingerprint density at radius 2 is 0.968 bits per heavy atom. The summed E-state index contributed by atoms with van der Waals surface area (Å²) in [6, 6.07) is 29.9. The molecule has 0 fully saturated rings. The van der Waals surface area contributed by atoms with E-state index in [1.54, 1.807) is 30.9 Å². The number of aliphatic hydroxyl groups is 2. The van der Waals surface area contributed by atoms with Gasteiger partial charge in [-0.1, -0.05) is 59.7 Å². The zero-order valence-corrected chi connectivity index (χ0v) is 37.5. The van der Waals surface area contributed by atoms with E-state index < -0.39 is 12.6 Å². The number of aryl methyl sites for hydroxylation is 2. The van der Waals surface area contributed by atoms with Crippen molar-refractivity contribution in [2.45, 2.75) is 54.1 Å². The number of aromatic nitrogens is 4. The predicted octanol–water partition coefficient (Wildman–Crippen LogP) is 8.44. The van der Waals surface area contributed by atoms with Crippen molar-refractivity contribution in [3.05, 3.63) is 163 Å². The van der Waals surface area contributed by atoms with Crippen LogP contribution in [0.3, 0.4) is 0 Å². The number of rotatable bonds is 10. The molecule has 2 N–H and O–H groups in total. The van der Waals surface area contributed by atoms with Gasteiger partial charge < -0.3 is 29.2 Å². The van der Waals surface area contributed by atoms with Crippen molar-refractivity contribution in [1.82, 2.24) is 18.7 Å². The molecule has 0 saturated carbocycles. The van der Waals surface area contributed by atoms with Crippen molar-refractivity contribution in [3.63, 3.8) is 0 Å². The third kappa shape index (κ3) is 9.13. The van der Waals surface area contributed by atoms with E-state index >= 15 is 0 Å². The molecule has 2 atom stereocenters. The molecule has 327 valence electrons. The first-order valence-corrected chi connectivity index (χ1v) is 20.2. The van der Waals surface area contributed by atoms with Gasteiger partial charge in [-0.25, -0.2) is 19.3 Å². The van der Waals surface area contributed by atoms with Gasteiger partial charge in [0.25, 0.3) is 11.1 Å². The van der Waals surface area contributed by atoms with Crippen molar-refractivity contribution in [1.29, 1.82) is 0 Å². The predicted molar refractivity (Wildman–Crippen MR) is 241 cm³/mol. The van der Waals surface area contributed by atoms with Gasteiger partial charge in [-0.2, -0.15) is 0 Å². The molecule has 14 nitrogen and oxygen atoms in total. The molecule has 6 aromatic rings. The van der Waals surface area contributed by atoms with Crippen LogP contribution in [0.1, 0.15) is 47.5 Å². The van der Waals surface area contributed by atoms with Crippen LogP contribution in [-0.4, -0.2) is 67.2 Å². The van der Waals surface area contributed by atoms with Crippen LogP contribution in [0.5, 0.6) is 11.5 Å². The number of hydrogen-bond donors (Lipinski definition) is 2. The largest absolute Gasteiger partial charge is 0.507 e. The molecule has 8 rings (SSSR count). The molecule has 63 heavy (non-hydrogen) atoms. The van der Waals surface area contributed by atoms with Gasteiger partial charge in [0.2, 0.25) is 12.6 Å². The molecule has 0 amide bonds. The van der Waals surface area contributed by atoms with Crippen molar-refractivity contribution >= 4 is 35.3 Å². The van der Waals surface area contributed by atoms with Crippen molar-refractivity contribution in [3.8, 4) is 22.9 Å². The summed E-state index contributed by atoms with van der Waals surface area (Å²) >= 11 is 0. The zero-order valence-electron chi connectivity index (χ0n) is 36.4. The van der Waals surface area contributed by atoms with Crippen LogP contribution >= 0.6 is 0 Å². The number of aliphatic imine (C=N–C) groups is 2. The summed E-state index contributed by atoms with van der Waals surface area (Å²) in [5, 5.41) is 21.9. The van der Waals surface area contributed by atoms with E-state index in [4.69, 9.17) is 18.9 Å². The Hall–Kier alpha value is -6.64. The maximum atomic E-state index is 13.1. The number of hydrogen-bond acceptors (Lipinski definition) is 10. The van der Waals surface area contributed by atoms with E-state index in [9.17, 15) is 19.8 Å². The Morgan fingerprint density at radius 3 is 1.32 bits per heavy atom. The van der Waals surface area contributed by atoms with Gasteiger partial charge in [0.15, 0.2) is 11.4 Å². The fourth-order valence-corrected chi connectivity index (χ4v) is 7.22. The molecule has 0 saturated heterocycles. The molecule has 2 aromatic heterocycles. The number of nitrogens with zero attached hydrogens (tertiary/aromatic N) is 6. The topological polar surface area (TPSA) is 156 Å². The minimum absolute atomic E-state index is 0. The van der Waals surface area contributed by atoms with E-state index in [0.717, 1.165) is 22.5 Å². The van der Waals surface area contributed by atoms with Gasteiger partial charge in [0, 0.05) is 56.8 Å². The third-order valence-electron chi connectivity index (χ3n) is 10.7. The molecule has 2 aliphatic rings. The quantitative estimate of drug-likeness (QED) is 0.103. The maximum Gasteiger partial charge on any atom is 0.297 e. The van der Waals surface area contributed by atoms with E-state index in [2.05, 4.69) is 9.98 Å². The Balaban J connectivity index is 0.000000206. The van der Waals surface area contributed by atoms with Gasteiger partial charge >= 0.3 is 0 Å². The molecule has 4 aromatic carbocycles. The SMILES string of the molecule is CCOC1Oc2ccc(C)cc2C(O)=C1C=Nc1c(C)n(C)n(-c2ccccc2)c1=O.CCOC1Oc2ccc(C)cc2C(O)=C1C=Nc1c(C)n(C)n(-c2ccccc2)c1=O.[Mn]. The standard InChI is InChI=1S/2C24H25N3O4.Mn/c2*1-5-30-24-19(22(28)18-13-15(2)11-12-20(18)31-24)14-25-21-16(3)26(4)27(23(21)29)17-9-7-6-8-10-17;/h2*6-14,24,28H,5H2,1-4H3;. The summed E-state index contributed by atoms with van der Waals surface area (Å²) in [6.07, 6.45) is 1.29. The van der Waals surface area contributed by atoms with E-state index in [-0.39, 0.29) is 51.1 Å². The van der Waals surface area contributed by atoms with E-state index in [1.165, 1.54) is 12.4 Å². The van der Waals surface area contributed by atoms with Crippen LogP contribution in [-0.2, 0) is 40.6 Å². The fraction of sp³-hybridized carbons (Fsp3) is 0.250. The summed E-state index contributed by atoms with van der Waals surface area (Å²) in [5.41, 5.74) is 6.85. The molecule has 2 unspecified atom stereocenters. The van der Waals surface area contributed by atoms with Crippen LogP contribution in [0.15, 0.2) is 128 Å². The Morgan fingerprint density at radius 1 is 0.603 bits per heavy atom. The minimum Gasteiger partial charge on any atom is -0.507 e. The van der Waals surface area contributed by atoms with Crippen LogP contribution in [0.2, 0.25) is 0 Å². The van der Waals surface area contributed by atoms with Crippen molar-refractivity contribution in [2.24, 2.45) is 24.1 Å². The van der Waals surface area contributed by atoms with Crippen molar-refractivity contribution < 1.29 is 46.2 Å². The summed E-state index contributed by atoms with van der Waals surface area (Å²) in [5.74, 6) is 1.15. The Kier molecular flexibility index (Phi) is 14.3. The van der Waals surface area contributed by atoms with Gasteiger partial charge in [-0.15, -0.1) is 0 Å². The minimum atomic E-state index is -0.815. The second kappa shape index (κ2) is 19.6. The second-order valence-corrected chi connectivity index (χ2v) is 14.8. The normalized spacial score (nSPS) is 15.7. The van der Waals surface area contributed by atoms with Crippen LogP contribution < -0.4 is 20.6 Å². The molecule has 2 aliphatic heterocycles. The molecule has 0 aliphatic carbocycles. The molecular weight excluding hydrogens is 843 g/mol. The maximum absolute atomic E-state index is 13.1. The molecule has 15 heteroatoms. The first kappa shape index (κ1) is 45.9. The monoisotopic (exact) mass is 893 g/mol. The summed E-state index contributed by atoms with van der Waals surface area (Å²) in [7, 11) is 3.62. The summed E-state index contributed by atoms with van der Waals surface area (Å²) in [4.78, 5) is 35.1. The van der Waals surface area contributed by atoms with E-state index in [1.807, 2.05) is 141 Å². The van der Waals surface area contributed by atoms with Crippen LogP contribution in [0.25, 0.3) is 22.9 Å². The first-order valence-electron chi connectivity index (χ1n) is 20.2. The smallest absolute Gasteiger partial charge is 0.297 e. The van der Waals surface area contributed by atoms with Gasteiger partial charge in [0.05, 0.1) is 45.0 Å². The number of aliphatic hydroxyl groups excluding tert-OH is 2. The molecule has 4 heterocycles. The van der Waals surface area contributed by atoms with E-state index in [0.29, 0.717) is 58.4 Å². The van der Waals surface area contributed by atoms with Crippen molar-refractivity contribution in [2.75, 3.05) is 13.2 Å². The molecular formula is C48H50MnN6O8. The number of ether oxygens (including phenoxy) is 4. The number of fused-ring (bicyclic) bond motifs is 2. The van der Waals surface area contributed by atoms with Gasteiger partial charge in [-0.05, 0) is 90.1 Å². The first-order chi connectivity index (χ1) is 29.8.